The van der Waals surface area contributed by atoms with Gasteiger partial charge in [0.05, 0.1) is 11.8 Å². The first-order valence-electron chi connectivity index (χ1n) is 4.12. The number of carbonyl (C=O) groups is 2. The van der Waals surface area contributed by atoms with Crippen LogP contribution in [-0.2, 0) is 4.79 Å². The summed E-state index contributed by atoms with van der Waals surface area (Å²) in [6.45, 7) is 3.24. The molecular formula is C8H12N4O2. The van der Waals surface area contributed by atoms with Gasteiger partial charge in [-0.2, -0.15) is 5.10 Å². The highest BCUT2D eigenvalue weighted by Crippen LogP contribution is 2.02. The molecule has 1 unspecified atom stereocenters. The van der Waals surface area contributed by atoms with Gasteiger partial charge in [-0.05, 0) is 13.8 Å². The van der Waals surface area contributed by atoms with Crippen molar-refractivity contribution in [2.24, 2.45) is 5.73 Å². The van der Waals surface area contributed by atoms with Crippen molar-refractivity contribution < 1.29 is 9.59 Å². The van der Waals surface area contributed by atoms with Gasteiger partial charge in [0.1, 0.15) is 6.04 Å². The predicted octanol–water partition coefficient (Wildman–Crippen LogP) is -0.678. The molecule has 1 aromatic heterocycles. The van der Waals surface area contributed by atoms with Gasteiger partial charge in [-0.25, -0.2) is 0 Å². The van der Waals surface area contributed by atoms with Gasteiger partial charge in [-0.3, -0.25) is 14.7 Å². The standard InChI is InChI=1S/C8H12N4O2/c1-4-6(3-10-12-4)8(14)11-5(2)7(9)13/h3,5H,1-2H3,(H2,9,13)(H,10,12)(H,11,14). The molecule has 1 rings (SSSR count). The Labute approximate surface area is 80.9 Å². The van der Waals surface area contributed by atoms with Crippen LogP contribution in [-0.4, -0.2) is 28.1 Å². The molecule has 0 aliphatic heterocycles. The maximum Gasteiger partial charge on any atom is 0.255 e. The van der Waals surface area contributed by atoms with E-state index in [1.54, 1.807) is 6.92 Å². The van der Waals surface area contributed by atoms with Gasteiger partial charge in [0.2, 0.25) is 5.91 Å². The number of aromatic nitrogens is 2. The van der Waals surface area contributed by atoms with Crippen LogP contribution in [0.3, 0.4) is 0 Å². The van der Waals surface area contributed by atoms with E-state index in [-0.39, 0.29) is 5.91 Å². The van der Waals surface area contributed by atoms with Crippen molar-refractivity contribution in [2.45, 2.75) is 19.9 Å². The Kier molecular flexibility index (Phi) is 2.85. The lowest BCUT2D eigenvalue weighted by atomic mass is 10.2. The van der Waals surface area contributed by atoms with Gasteiger partial charge in [0.25, 0.3) is 5.91 Å². The quantitative estimate of drug-likeness (QED) is 0.597. The number of H-pyrrole nitrogens is 1. The summed E-state index contributed by atoms with van der Waals surface area (Å²) in [6, 6.07) is -0.684. The lowest BCUT2D eigenvalue weighted by Crippen LogP contribution is -2.42. The van der Waals surface area contributed by atoms with Crippen molar-refractivity contribution in [1.29, 1.82) is 0 Å². The number of nitrogens with one attached hydrogen (secondary N) is 2. The molecule has 1 atom stereocenters. The van der Waals surface area contributed by atoms with Crippen LogP contribution in [0.5, 0.6) is 0 Å². The third-order valence-corrected chi connectivity index (χ3v) is 1.85. The van der Waals surface area contributed by atoms with Gasteiger partial charge >= 0.3 is 0 Å². The first kappa shape index (κ1) is 10.2. The molecule has 76 valence electrons. The first-order chi connectivity index (χ1) is 6.52. The van der Waals surface area contributed by atoms with Crippen LogP contribution in [0.15, 0.2) is 6.20 Å². The largest absolute Gasteiger partial charge is 0.368 e. The number of rotatable bonds is 3. The van der Waals surface area contributed by atoms with Crippen molar-refractivity contribution in [3.8, 4) is 0 Å². The van der Waals surface area contributed by atoms with Crippen LogP contribution >= 0.6 is 0 Å². The average Bonchev–Trinajstić information content (AvgIpc) is 2.51. The fourth-order valence-corrected chi connectivity index (χ4v) is 0.925. The minimum absolute atomic E-state index is 0.359. The Morgan fingerprint density at radius 3 is 2.71 bits per heavy atom. The van der Waals surface area contributed by atoms with Crippen LogP contribution in [0, 0.1) is 6.92 Å². The summed E-state index contributed by atoms with van der Waals surface area (Å²) in [7, 11) is 0. The number of hydrogen-bond donors (Lipinski definition) is 3. The fraction of sp³-hybridized carbons (Fsp3) is 0.375. The molecule has 1 heterocycles. The van der Waals surface area contributed by atoms with Crippen molar-refractivity contribution >= 4 is 11.8 Å². The van der Waals surface area contributed by atoms with E-state index >= 15 is 0 Å². The summed E-state index contributed by atoms with van der Waals surface area (Å²) in [5, 5.41) is 8.77. The number of primary amides is 1. The van der Waals surface area contributed by atoms with Gasteiger partial charge in [0, 0.05) is 5.69 Å². The summed E-state index contributed by atoms with van der Waals surface area (Å²) < 4.78 is 0. The molecule has 0 radical (unpaired) electrons. The summed E-state index contributed by atoms with van der Waals surface area (Å²) in [5.41, 5.74) is 6.07. The van der Waals surface area contributed by atoms with Crippen LogP contribution < -0.4 is 11.1 Å². The molecule has 6 heteroatoms. The van der Waals surface area contributed by atoms with E-state index in [0.29, 0.717) is 11.3 Å². The highest BCUT2D eigenvalue weighted by molar-refractivity contribution is 5.97. The highest BCUT2D eigenvalue weighted by atomic mass is 16.2. The summed E-state index contributed by atoms with van der Waals surface area (Å²) >= 11 is 0. The number of aromatic amines is 1. The van der Waals surface area contributed by atoms with Gasteiger partial charge in [-0.15, -0.1) is 0 Å². The number of carbonyl (C=O) groups excluding carboxylic acids is 2. The van der Waals surface area contributed by atoms with E-state index < -0.39 is 11.9 Å². The molecule has 2 amide bonds. The molecule has 4 N–H and O–H groups in total. The molecule has 0 aromatic carbocycles. The third kappa shape index (κ3) is 2.09. The van der Waals surface area contributed by atoms with Crippen molar-refractivity contribution in [1.82, 2.24) is 15.5 Å². The molecular weight excluding hydrogens is 184 g/mol. The number of nitrogens with zero attached hydrogens (tertiary/aromatic N) is 1. The van der Waals surface area contributed by atoms with Gasteiger partial charge < -0.3 is 11.1 Å². The Hall–Kier alpha value is -1.85. The normalized spacial score (nSPS) is 12.1. The molecule has 6 nitrogen and oxygen atoms in total. The van der Waals surface area contributed by atoms with Crippen LogP contribution in [0.1, 0.15) is 23.0 Å². The molecule has 0 aliphatic carbocycles. The molecule has 14 heavy (non-hydrogen) atoms. The number of hydrogen-bond acceptors (Lipinski definition) is 3. The number of aryl methyl sites for hydroxylation is 1. The van der Waals surface area contributed by atoms with Crippen LogP contribution in [0.2, 0.25) is 0 Å². The summed E-state index contributed by atoms with van der Waals surface area (Å²) in [5.74, 6) is -0.929. The fourth-order valence-electron chi connectivity index (χ4n) is 0.925. The molecule has 0 aliphatic rings. The Bertz CT molecular complexity index is 358. The van der Waals surface area contributed by atoms with E-state index in [0.717, 1.165) is 0 Å². The van der Waals surface area contributed by atoms with Crippen molar-refractivity contribution in [2.75, 3.05) is 0 Å². The maximum absolute atomic E-state index is 11.5. The monoisotopic (exact) mass is 196 g/mol. The number of nitrogens with two attached hydrogens (primary N) is 1. The van der Waals surface area contributed by atoms with E-state index in [2.05, 4.69) is 15.5 Å². The molecule has 0 bridgehead atoms. The average molecular weight is 196 g/mol. The summed E-state index contributed by atoms with van der Waals surface area (Å²) in [6.07, 6.45) is 1.40. The van der Waals surface area contributed by atoms with E-state index in [4.69, 9.17) is 5.73 Å². The lowest BCUT2D eigenvalue weighted by molar-refractivity contribution is -0.119. The molecule has 0 fully saturated rings. The van der Waals surface area contributed by atoms with E-state index in [9.17, 15) is 9.59 Å². The molecule has 1 aromatic rings. The first-order valence-corrected chi connectivity index (χ1v) is 4.12. The minimum Gasteiger partial charge on any atom is -0.368 e. The zero-order valence-corrected chi connectivity index (χ0v) is 8.00. The van der Waals surface area contributed by atoms with Crippen molar-refractivity contribution in [3.05, 3.63) is 17.5 Å². The Morgan fingerprint density at radius 1 is 1.64 bits per heavy atom. The smallest absolute Gasteiger partial charge is 0.255 e. The zero-order chi connectivity index (χ0) is 10.7. The lowest BCUT2D eigenvalue weighted by Gasteiger charge is -2.08. The Balaban J connectivity index is 2.69. The highest BCUT2D eigenvalue weighted by Gasteiger charge is 2.15. The molecule has 0 saturated carbocycles. The Morgan fingerprint density at radius 2 is 2.29 bits per heavy atom. The zero-order valence-electron chi connectivity index (χ0n) is 8.00. The van der Waals surface area contributed by atoms with Crippen LogP contribution in [0.25, 0.3) is 0 Å². The third-order valence-electron chi connectivity index (χ3n) is 1.85. The van der Waals surface area contributed by atoms with Crippen LogP contribution in [0.4, 0.5) is 0 Å². The molecule has 0 spiro atoms. The van der Waals surface area contributed by atoms with Gasteiger partial charge in [0.15, 0.2) is 0 Å². The molecule has 0 saturated heterocycles. The predicted molar refractivity (Wildman–Crippen MR) is 49.4 cm³/mol. The second-order valence-corrected chi connectivity index (χ2v) is 3.01. The number of amides is 2. The van der Waals surface area contributed by atoms with E-state index in [1.165, 1.54) is 13.1 Å². The second kappa shape index (κ2) is 3.91. The van der Waals surface area contributed by atoms with Gasteiger partial charge in [-0.1, -0.05) is 0 Å². The minimum atomic E-state index is -0.684. The second-order valence-electron chi connectivity index (χ2n) is 3.01. The van der Waals surface area contributed by atoms with Crippen molar-refractivity contribution in [3.63, 3.8) is 0 Å². The SMILES string of the molecule is Cc1[nH]ncc1C(=O)NC(C)C(N)=O. The van der Waals surface area contributed by atoms with E-state index in [1.807, 2.05) is 0 Å². The summed E-state index contributed by atoms with van der Waals surface area (Å²) in [4.78, 5) is 22.1. The maximum atomic E-state index is 11.5. The topological polar surface area (TPSA) is 101 Å².